The molecule has 0 N–H and O–H groups in total. The number of morpholine rings is 1. The van der Waals surface area contributed by atoms with Gasteiger partial charge in [-0.2, -0.15) is 4.31 Å². The zero-order chi connectivity index (χ0) is 17.2. The normalized spacial score (nSPS) is 19.3. The Hall–Kier alpha value is -1.40. The maximum Gasteiger partial charge on any atom is 0.243 e. The van der Waals surface area contributed by atoms with Crippen LogP contribution in [0.4, 0.5) is 0 Å². The van der Waals surface area contributed by atoms with Gasteiger partial charge in [-0.15, -0.1) is 0 Å². The fraction of sp³-hybridized carbons (Fsp3) is 0.333. The molecule has 1 heterocycles. The smallest absolute Gasteiger partial charge is 0.243 e. The summed E-state index contributed by atoms with van der Waals surface area (Å²) >= 11 is 5.85. The maximum absolute atomic E-state index is 12.8. The number of hydrogen-bond donors (Lipinski definition) is 0. The highest BCUT2D eigenvalue weighted by atomic mass is 35.5. The SMILES string of the molecule is CCc1ccc(C2CN(S(=O)(=O)c3ccc(Cl)cc3)CCO2)cc1. The number of rotatable bonds is 4. The number of aryl methyl sites for hydroxylation is 1. The molecule has 24 heavy (non-hydrogen) atoms. The Bertz CT molecular complexity index is 788. The minimum atomic E-state index is -3.54. The van der Waals surface area contributed by atoms with Gasteiger partial charge in [-0.3, -0.25) is 0 Å². The van der Waals surface area contributed by atoms with Crippen molar-refractivity contribution < 1.29 is 13.2 Å². The summed E-state index contributed by atoms with van der Waals surface area (Å²) in [5.74, 6) is 0. The molecule has 1 saturated heterocycles. The monoisotopic (exact) mass is 365 g/mol. The predicted octanol–water partition coefficient (Wildman–Crippen LogP) is 3.66. The quantitative estimate of drug-likeness (QED) is 0.830. The van der Waals surface area contributed by atoms with E-state index in [1.807, 2.05) is 12.1 Å². The lowest BCUT2D eigenvalue weighted by molar-refractivity contribution is -0.00256. The van der Waals surface area contributed by atoms with Gasteiger partial charge < -0.3 is 4.74 Å². The fourth-order valence-corrected chi connectivity index (χ4v) is 4.32. The zero-order valence-electron chi connectivity index (χ0n) is 13.5. The second-order valence-corrected chi connectivity index (χ2v) is 8.15. The molecule has 1 aliphatic heterocycles. The zero-order valence-corrected chi connectivity index (χ0v) is 15.1. The lowest BCUT2D eigenvalue weighted by Gasteiger charge is -2.32. The minimum Gasteiger partial charge on any atom is -0.371 e. The highest BCUT2D eigenvalue weighted by Crippen LogP contribution is 2.27. The van der Waals surface area contributed by atoms with E-state index in [1.54, 1.807) is 12.1 Å². The molecule has 4 nitrogen and oxygen atoms in total. The van der Waals surface area contributed by atoms with Crippen molar-refractivity contribution in [1.82, 2.24) is 4.31 Å². The topological polar surface area (TPSA) is 46.6 Å². The van der Waals surface area contributed by atoms with Crippen LogP contribution in [-0.4, -0.2) is 32.4 Å². The second-order valence-electron chi connectivity index (χ2n) is 5.77. The first-order chi connectivity index (χ1) is 11.5. The molecule has 0 aliphatic carbocycles. The van der Waals surface area contributed by atoms with Crippen LogP contribution < -0.4 is 0 Å². The summed E-state index contributed by atoms with van der Waals surface area (Å²) < 4.78 is 32.9. The van der Waals surface area contributed by atoms with E-state index in [4.69, 9.17) is 16.3 Å². The van der Waals surface area contributed by atoms with Crippen molar-refractivity contribution >= 4 is 21.6 Å². The van der Waals surface area contributed by atoms with Gasteiger partial charge in [-0.1, -0.05) is 42.8 Å². The number of hydrogen-bond acceptors (Lipinski definition) is 3. The molecule has 1 unspecified atom stereocenters. The lowest BCUT2D eigenvalue weighted by atomic mass is 10.1. The Labute approximate surface area is 148 Å². The molecule has 2 aromatic carbocycles. The van der Waals surface area contributed by atoms with E-state index in [-0.39, 0.29) is 11.0 Å². The van der Waals surface area contributed by atoms with Crippen molar-refractivity contribution in [2.45, 2.75) is 24.3 Å². The third-order valence-corrected chi connectivity index (χ3v) is 6.37. The molecule has 0 amide bonds. The Balaban J connectivity index is 1.80. The summed E-state index contributed by atoms with van der Waals surface area (Å²) in [5, 5.41) is 0.518. The van der Waals surface area contributed by atoms with E-state index in [1.165, 1.54) is 22.0 Å². The molecule has 6 heteroatoms. The molecule has 0 saturated carbocycles. The average Bonchev–Trinajstić information content (AvgIpc) is 2.62. The van der Waals surface area contributed by atoms with Crippen molar-refractivity contribution in [2.75, 3.05) is 19.7 Å². The van der Waals surface area contributed by atoms with Crippen LogP contribution in [0.3, 0.4) is 0 Å². The molecule has 0 bridgehead atoms. The first-order valence-electron chi connectivity index (χ1n) is 7.97. The maximum atomic E-state index is 12.8. The van der Waals surface area contributed by atoms with Crippen molar-refractivity contribution in [2.24, 2.45) is 0 Å². The molecule has 128 valence electrons. The lowest BCUT2D eigenvalue weighted by Crippen LogP contribution is -2.42. The van der Waals surface area contributed by atoms with Gasteiger partial charge in [-0.25, -0.2) is 8.42 Å². The number of ether oxygens (including phenoxy) is 1. The number of halogens is 1. The van der Waals surface area contributed by atoms with Gasteiger partial charge in [-0.05, 0) is 41.8 Å². The highest BCUT2D eigenvalue weighted by Gasteiger charge is 2.31. The summed E-state index contributed by atoms with van der Waals surface area (Å²) in [4.78, 5) is 0.258. The Morgan fingerprint density at radius 1 is 1.12 bits per heavy atom. The van der Waals surface area contributed by atoms with E-state index in [9.17, 15) is 8.42 Å². The second kappa shape index (κ2) is 7.23. The summed E-state index contributed by atoms with van der Waals surface area (Å²) in [6.07, 6.45) is 0.731. The largest absolute Gasteiger partial charge is 0.371 e. The van der Waals surface area contributed by atoms with E-state index < -0.39 is 10.0 Å². The van der Waals surface area contributed by atoms with Gasteiger partial charge >= 0.3 is 0 Å². The van der Waals surface area contributed by atoms with Gasteiger partial charge in [0.05, 0.1) is 17.6 Å². The van der Waals surface area contributed by atoms with E-state index in [0.717, 1.165) is 12.0 Å². The first-order valence-corrected chi connectivity index (χ1v) is 9.78. The molecule has 0 aromatic heterocycles. The number of nitrogens with zero attached hydrogens (tertiary/aromatic N) is 1. The van der Waals surface area contributed by atoms with Crippen molar-refractivity contribution in [1.29, 1.82) is 0 Å². The highest BCUT2D eigenvalue weighted by molar-refractivity contribution is 7.89. The van der Waals surface area contributed by atoms with Gasteiger partial charge in [0.25, 0.3) is 0 Å². The van der Waals surface area contributed by atoms with Gasteiger partial charge in [0.1, 0.15) is 0 Å². The van der Waals surface area contributed by atoms with Gasteiger partial charge in [0.15, 0.2) is 0 Å². The van der Waals surface area contributed by atoms with Crippen LogP contribution >= 0.6 is 11.6 Å². The van der Waals surface area contributed by atoms with Crippen molar-refractivity contribution in [3.05, 3.63) is 64.7 Å². The first kappa shape index (κ1) is 17.4. The van der Waals surface area contributed by atoms with Crippen LogP contribution in [0.2, 0.25) is 5.02 Å². The Morgan fingerprint density at radius 2 is 1.79 bits per heavy atom. The standard InChI is InChI=1S/C18H20ClNO3S/c1-2-14-3-5-15(6-4-14)18-13-20(11-12-23-18)24(21,22)17-9-7-16(19)8-10-17/h3-10,18H,2,11-13H2,1H3. The molecular weight excluding hydrogens is 346 g/mol. The Kier molecular flexibility index (Phi) is 5.25. The van der Waals surface area contributed by atoms with E-state index >= 15 is 0 Å². The van der Waals surface area contributed by atoms with Crippen LogP contribution in [0.25, 0.3) is 0 Å². The third kappa shape index (κ3) is 3.64. The minimum absolute atomic E-state index is 0.244. The third-order valence-electron chi connectivity index (χ3n) is 4.24. The van der Waals surface area contributed by atoms with Crippen LogP contribution in [0.1, 0.15) is 24.2 Å². The van der Waals surface area contributed by atoms with Gasteiger partial charge in [0, 0.05) is 18.1 Å². The molecular formula is C18H20ClNO3S. The molecule has 1 atom stereocenters. The summed E-state index contributed by atoms with van der Waals surface area (Å²) in [5.41, 5.74) is 2.25. The van der Waals surface area contributed by atoms with E-state index in [2.05, 4.69) is 19.1 Å². The number of sulfonamides is 1. The van der Waals surface area contributed by atoms with Crippen molar-refractivity contribution in [3.63, 3.8) is 0 Å². The molecule has 0 radical (unpaired) electrons. The average molecular weight is 366 g/mol. The molecule has 3 rings (SSSR count). The summed E-state index contributed by atoms with van der Waals surface area (Å²) in [6, 6.07) is 14.4. The summed E-state index contributed by atoms with van der Waals surface area (Å²) in [7, 11) is -3.54. The molecule has 1 aliphatic rings. The van der Waals surface area contributed by atoms with Crippen molar-refractivity contribution in [3.8, 4) is 0 Å². The predicted molar refractivity (Wildman–Crippen MR) is 94.7 cm³/mol. The number of benzene rings is 2. The molecule has 1 fully saturated rings. The summed E-state index contributed by atoms with van der Waals surface area (Å²) in [6.45, 7) is 3.16. The van der Waals surface area contributed by atoms with Crippen LogP contribution in [-0.2, 0) is 21.2 Å². The molecule has 0 spiro atoms. The van der Waals surface area contributed by atoms with E-state index in [0.29, 0.717) is 24.7 Å². The fourth-order valence-electron chi connectivity index (χ4n) is 2.77. The van der Waals surface area contributed by atoms with Crippen LogP contribution in [0.15, 0.2) is 53.4 Å². The van der Waals surface area contributed by atoms with Crippen LogP contribution in [0.5, 0.6) is 0 Å². The Morgan fingerprint density at radius 3 is 2.42 bits per heavy atom. The van der Waals surface area contributed by atoms with Crippen LogP contribution in [0, 0.1) is 0 Å². The van der Waals surface area contributed by atoms with Gasteiger partial charge in [0.2, 0.25) is 10.0 Å². The molecule has 2 aromatic rings.